The van der Waals surface area contributed by atoms with E-state index >= 15 is 0 Å². The molecule has 0 bridgehead atoms. The number of hydrogen-bond acceptors (Lipinski definition) is 10. The average molecular weight is 476 g/mol. The number of hydrogen-bond donors (Lipinski definition) is 1. The summed E-state index contributed by atoms with van der Waals surface area (Å²) in [5.74, 6) is -1.67. The van der Waals surface area contributed by atoms with Crippen molar-refractivity contribution in [2.75, 3.05) is 11.9 Å². The number of esters is 3. The first-order valence-corrected chi connectivity index (χ1v) is 10.9. The van der Waals surface area contributed by atoms with Crippen LogP contribution in [-0.4, -0.2) is 63.3 Å². The fourth-order valence-corrected chi connectivity index (χ4v) is 4.01. The quantitative estimate of drug-likeness (QED) is 0.439. The van der Waals surface area contributed by atoms with Gasteiger partial charge in [-0.15, -0.1) is 0 Å². The van der Waals surface area contributed by atoms with Gasteiger partial charge in [-0.05, 0) is 25.5 Å². The highest BCUT2D eigenvalue weighted by Gasteiger charge is 2.58. The van der Waals surface area contributed by atoms with E-state index in [1.54, 1.807) is 19.1 Å². The number of anilines is 1. The van der Waals surface area contributed by atoms with Gasteiger partial charge in [-0.3, -0.25) is 19.2 Å². The summed E-state index contributed by atoms with van der Waals surface area (Å²) < 4.78 is 23.9. The number of nitrogens with one attached hydrogen (secondary N) is 1. The first kappa shape index (κ1) is 25.1. The van der Waals surface area contributed by atoms with Crippen molar-refractivity contribution in [3.8, 4) is 0 Å². The maximum Gasteiger partial charge on any atom is 0.303 e. The maximum atomic E-state index is 12.1. The molecule has 0 spiro atoms. The van der Waals surface area contributed by atoms with Crippen LogP contribution in [0.1, 0.15) is 53.2 Å². The topological polar surface area (TPSA) is 147 Å². The summed E-state index contributed by atoms with van der Waals surface area (Å²) in [5, 5.41) is 7.04. The van der Waals surface area contributed by atoms with Crippen LogP contribution in [0.2, 0.25) is 0 Å². The number of nitrogens with zero attached hydrogens (tertiary/aromatic N) is 3. The summed E-state index contributed by atoms with van der Waals surface area (Å²) in [6, 6.07) is 3.38. The molecular weight excluding hydrogens is 448 g/mol. The molecule has 0 unspecified atom stereocenters. The molecule has 12 nitrogen and oxygen atoms in total. The predicted octanol–water partition coefficient (Wildman–Crippen LogP) is 1.51. The number of aromatic nitrogens is 3. The molecule has 1 aliphatic rings. The number of rotatable bonds is 8. The van der Waals surface area contributed by atoms with Crippen molar-refractivity contribution in [2.45, 2.75) is 71.4 Å². The number of carbonyl (C=O) groups excluding carboxylic acids is 4. The van der Waals surface area contributed by atoms with Crippen molar-refractivity contribution >= 4 is 35.1 Å². The number of amides is 1. The molecule has 2 aromatic rings. The Labute approximate surface area is 195 Å². The lowest BCUT2D eigenvalue weighted by Gasteiger charge is -2.30. The summed E-state index contributed by atoms with van der Waals surface area (Å²) >= 11 is 0. The minimum Gasteiger partial charge on any atom is -0.463 e. The van der Waals surface area contributed by atoms with Crippen LogP contribution in [0.25, 0.3) is 5.52 Å². The highest BCUT2D eigenvalue weighted by molar-refractivity contribution is 5.93. The summed E-state index contributed by atoms with van der Waals surface area (Å²) in [5.41, 5.74) is -0.423. The fourth-order valence-electron chi connectivity index (χ4n) is 4.01. The maximum absolute atomic E-state index is 12.1. The lowest BCUT2D eigenvalue weighted by atomic mass is 9.92. The Hall–Kier alpha value is -3.54. The van der Waals surface area contributed by atoms with Crippen LogP contribution in [0.3, 0.4) is 0 Å². The van der Waals surface area contributed by atoms with Gasteiger partial charge in [0.2, 0.25) is 5.91 Å². The van der Waals surface area contributed by atoms with Gasteiger partial charge in [-0.25, -0.2) is 9.50 Å². The summed E-state index contributed by atoms with van der Waals surface area (Å²) in [7, 11) is 0. The monoisotopic (exact) mass is 476 g/mol. The minimum atomic E-state index is -1.36. The molecule has 184 valence electrons. The van der Waals surface area contributed by atoms with Gasteiger partial charge in [0.1, 0.15) is 30.2 Å². The van der Waals surface area contributed by atoms with E-state index in [0.29, 0.717) is 29.9 Å². The van der Waals surface area contributed by atoms with Crippen LogP contribution < -0.4 is 5.32 Å². The van der Waals surface area contributed by atoms with E-state index in [4.69, 9.17) is 18.9 Å². The molecule has 12 heteroatoms. The second-order valence-electron chi connectivity index (χ2n) is 8.09. The zero-order valence-electron chi connectivity index (χ0n) is 19.7. The minimum absolute atomic E-state index is 0.191. The Morgan fingerprint density at radius 2 is 1.82 bits per heavy atom. The Morgan fingerprint density at radius 3 is 2.44 bits per heavy atom. The van der Waals surface area contributed by atoms with Crippen molar-refractivity contribution in [3.05, 3.63) is 24.2 Å². The van der Waals surface area contributed by atoms with Crippen molar-refractivity contribution in [3.63, 3.8) is 0 Å². The van der Waals surface area contributed by atoms with Crippen molar-refractivity contribution in [2.24, 2.45) is 0 Å². The standard InChI is InChI=1S/C22H28N4O8/c1-6-7-18(30)25-21-15-8-9-17(26(15)24-11-23-21)22(5)20(33-14(4)29)19(32-13(3)28)16(34-22)10-31-12(2)27/h8-9,11,16,19-20H,6-7,10H2,1-5H3,(H,23,24,25,30)/t16-,19-,20-,22+/m1/s1. The molecule has 4 atom stereocenters. The Morgan fingerprint density at radius 1 is 1.12 bits per heavy atom. The molecule has 1 N–H and O–H groups in total. The SMILES string of the molecule is CCCC(=O)Nc1ncnn2c([C@]3(C)O[C@H](COC(C)=O)[C@@H](OC(C)=O)[C@H]3OC(C)=O)ccc12. The molecule has 0 aliphatic carbocycles. The molecular formula is C22H28N4O8. The molecule has 34 heavy (non-hydrogen) atoms. The molecule has 1 aliphatic heterocycles. The number of fused-ring (bicyclic) bond motifs is 1. The third kappa shape index (κ3) is 5.16. The van der Waals surface area contributed by atoms with Gasteiger partial charge in [0.15, 0.2) is 18.0 Å². The zero-order chi connectivity index (χ0) is 25.0. The largest absolute Gasteiger partial charge is 0.463 e. The van der Waals surface area contributed by atoms with E-state index in [2.05, 4.69) is 15.4 Å². The lowest BCUT2D eigenvalue weighted by molar-refractivity contribution is -0.168. The Balaban J connectivity index is 2.07. The van der Waals surface area contributed by atoms with E-state index in [-0.39, 0.29) is 12.5 Å². The summed E-state index contributed by atoms with van der Waals surface area (Å²) in [4.78, 5) is 51.5. The normalized spacial score (nSPS) is 24.0. The molecule has 0 radical (unpaired) electrons. The third-order valence-electron chi connectivity index (χ3n) is 5.35. The van der Waals surface area contributed by atoms with Crippen molar-refractivity contribution in [1.82, 2.24) is 14.6 Å². The van der Waals surface area contributed by atoms with Gasteiger partial charge >= 0.3 is 17.9 Å². The molecule has 3 heterocycles. The lowest BCUT2D eigenvalue weighted by Crippen LogP contribution is -2.45. The van der Waals surface area contributed by atoms with Crippen LogP contribution in [0, 0.1) is 0 Å². The first-order chi connectivity index (χ1) is 16.1. The van der Waals surface area contributed by atoms with Gasteiger partial charge in [0.25, 0.3) is 0 Å². The van der Waals surface area contributed by atoms with Crippen molar-refractivity contribution in [1.29, 1.82) is 0 Å². The van der Waals surface area contributed by atoms with Gasteiger partial charge < -0.3 is 24.3 Å². The zero-order valence-corrected chi connectivity index (χ0v) is 19.7. The third-order valence-corrected chi connectivity index (χ3v) is 5.35. The van der Waals surface area contributed by atoms with E-state index < -0.39 is 41.8 Å². The van der Waals surface area contributed by atoms with E-state index in [9.17, 15) is 19.2 Å². The summed E-state index contributed by atoms with van der Waals surface area (Å²) in [6.45, 7) is 7.01. The molecule has 1 fully saturated rings. The van der Waals surface area contributed by atoms with Crippen LogP contribution >= 0.6 is 0 Å². The van der Waals surface area contributed by atoms with E-state index in [0.717, 1.165) is 0 Å². The molecule has 1 saturated heterocycles. The van der Waals surface area contributed by atoms with Gasteiger partial charge in [0, 0.05) is 27.2 Å². The van der Waals surface area contributed by atoms with Crippen LogP contribution in [0.4, 0.5) is 5.82 Å². The van der Waals surface area contributed by atoms with Crippen LogP contribution in [-0.2, 0) is 43.7 Å². The molecule has 0 aromatic carbocycles. The Bertz CT molecular complexity index is 1100. The Kier molecular flexibility index (Phi) is 7.50. The van der Waals surface area contributed by atoms with Gasteiger partial charge in [-0.1, -0.05) is 6.92 Å². The van der Waals surface area contributed by atoms with Crippen LogP contribution in [0.15, 0.2) is 18.5 Å². The molecule has 0 saturated carbocycles. The van der Waals surface area contributed by atoms with Gasteiger partial charge in [-0.2, -0.15) is 5.10 Å². The van der Waals surface area contributed by atoms with Gasteiger partial charge in [0.05, 0.1) is 5.69 Å². The molecule has 3 rings (SSSR count). The average Bonchev–Trinajstić information content (AvgIpc) is 3.28. The van der Waals surface area contributed by atoms with Crippen LogP contribution in [0.5, 0.6) is 0 Å². The number of ether oxygens (including phenoxy) is 4. The van der Waals surface area contributed by atoms with E-state index in [1.807, 2.05) is 6.92 Å². The highest BCUT2D eigenvalue weighted by Crippen LogP contribution is 2.43. The van der Waals surface area contributed by atoms with E-state index in [1.165, 1.54) is 31.6 Å². The highest BCUT2D eigenvalue weighted by atomic mass is 16.7. The number of carbonyl (C=O) groups is 4. The fraction of sp³-hybridized carbons (Fsp3) is 0.545. The summed E-state index contributed by atoms with van der Waals surface area (Å²) in [6.07, 6.45) is -0.768. The second kappa shape index (κ2) is 10.2. The molecule has 2 aromatic heterocycles. The predicted molar refractivity (Wildman–Crippen MR) is 116 cm³/mol. The molecule has 1 amide bonds. The van der Waals surface area contributed by atoms with Crippen molar-refractivity contribution < 1.29 is 38.1 Å². The smallest absolute Gasteiger partial charge is 0.303 e. The second-order valence-corrected chi connectivity index (χ2v) is 8.09. The first-order valence-electron chi connectivity index (χ1n) is 10.9.